The molecule has 5 heteroatoms. The van der Waals surface area contributed by atoms with Crippen molar-refractivity contribution >= 4 is 22.4 Å². The predicted molar refractivity (Wildman–Crippen MR) is 88.8 cm³/mol. The van der Waals surface area contributed by atoms with E-state index in [1.165, 1.54) is 0 Å². The van der Waals surface area contributed by atoms with Crippen LogP contribution in [0.4, 0.5) is 5.13 Å². The van der Waals surface area contributed by atoms with Crippen molar-refractivity contribution in [1.82, 2.24) is 9.88 Å². The van der Waals surface area contributed by atoms with Crippen LogP contribution in [0.25, 0.3) is 0 Å². The molecule has 1 aromatic heterocycles. The lowest BCUT2D eigenvalue weighted by atomic mass is 10.2. The van der Waals surface area contributed by atoms with Gasteiger partial charge in [0.15, 0.2) is 5.13 Å². The maximum atomic E-state index is 12.3. The monoisotopic (exact) mass is 311 g/mol. The number of carbonyl (C=O) groups is 1. The lowest BCUT2D eigenvalue weighted by Crippen LogP contribution is -2.53. The Morgan fingerprint density at radius 3 is 2.82 bits per heavy atom. The molecular formula is C17H17N3OS. The third kappa shape index (κ3) is 3.29. The van der Waals surface area contributed by atoms with E-state index >= 15 is 0 Å². The van der Waals surface area contributed by atoms with Gasteiger partial charge in [-0.25, -0.2) is 4.98 Å². The summed E-state index contributed by atoms with van der Waals surface area (Å²) in [6.07, 6.45) is 1.81. The Kier molecular flexibility index (Phi) is 4.40. The maximum absolute atomic E-state index is 12.3. The summed E-state index contributed by atoms with van der Waals surface area (Å²) in [5, 5.41) is 3.00. The molecule has 0 bridgehead atoms. The minimum absolute atomic E-state index is 0.102. The zero-order valence-corrected chi connectivity index (χ0v) is 13.2. The fraction of sp³-hybridized carbons (Fsp3) is 0.294. The summed E-state index contributed by atoms with van der Waals surface area (Å²) in [5.74, 6) is 5.59. The highest BCUT2D eigenvalue weighted by molar-refractivity contribution is 7.13. The summed E-state index contributed by atoms with van der Waals surface area (Å²) in [6, 6.07) is 9.73. The molecule has 3 rings (SSSR count). The number of anilines is 1. The molecule has 0 spiro atoms. The van der Waals surface area contributed by atoms with Gasteiger partial charge in [-0.2, -0.15) is 0 Å². The first-order valence-corrected chi connectivity index (χ1v) is 8.14. The predicted octanol–water partition coefficient (Wildman–Crippen LogP) is 2.23. The van der Waals surface area contributed by atoms with Crippen molar-refractivity contribution in [1.29, 1.82) is 0 Å². The molecule has 112 valence electrons. The van der Waals surface area contributed by atoms with Crippen molar-refractivity contribution in [3.8, 4) is 11.8 Å². The number of thiazole rings is 1. The van der Waals surface area contributed by atoms with Crippen LogP contribution < -0.4 is 4.90 Å². The number of hydrogen-bond donors (Lipinski definition) is 0. The molecule has 0 saturated carbocycles. The van der Waals surface area contributed by atoms with E-state index in [9.17, 15) is 4.79 Å². The van der Waals surface area contributed by atoms with E-state index in [2.05, 4.69) is 28.6 Å². The summed E-state index contributed by atoms with van der Waals surface area (Å²) < 4.78 is 0. The van der Waals surface area contributed by atoms with Crippen molar-refractivity contribution in [3.63, 3.8) is 0 Å². The molecule has 1 amide bonds. The number of aromatic nitrogens is 1. The molecule has 0 radical (unpaired) electrons. The topological polar surface area (TPSA) is 36.4 Å². The fourth-order valence-corrected chi connectivity index (χ4v) is 3.20. The number of hydrogen-bond acceptors (Lipinski definition) is 4. The Morgan fingerprint density at radius 1 is 1.32 bits per heavy atom. The third-order valence-corrected chi connectivity index (χ3v) is 4.50. The first-order chi connectivity index (χ1) is 10.7. The van der Waals surface area contributed by atoms with Crippen LogP contribution in [0.3, 0.4) is 0 Å². The van der Waals surface area contributed by atoms with Gasteiger partial charge in [0, 0.05) is 48.7 Å². The van der Waals surface area contributed by atoms with Gasteiger partial charge in [0.25, 0.3) is 5.91 Å². The van der Waals surface area contributed by atoms with Gasteiger partial charge in [-0.1, -0.05) is 24.1 Å². The Morgan fingerprint density at radius 2 is 2.14 bits per heavy atom. The van der Waals surface area contributed by atoms with Crippen molar-refractivity contribution in [2.24, 2.45) is 0 Å². The minimum atomic E-state index is -0.102. The van der Waals surface area contributed by atoms with E-state index < -0.39 is 0 Å². The zero-order valence-electron chi connectivity index (χ0n) is 12.4. The van der Waals surface area contributed by atoms with E-state index in [4.69, 9.17) is 0 Å². The summed E-state index contributed by atoms with van der Waals surface area (Å²) >= 11 is 1.63. The van der Waals surface area contributed by atoms with E-state index in [0.29, 0.717) is 6.54 Å². The molecule has 0 N–H and O–H groups in total. The minimum Gasteiger partial charge on any atom is -0.344 e. The highest BCUT2D eigenvalue weighted by Gasteiger charge is 2.27. The van der Waals surface area contributed by atoms with Gasteiger partial charge in [0.2, 0.25) is 0 Å². The first kappa shape index (κ1) is 14.6. The number of benzene rings is 1. The van der Waals surface area contributed by atoms with Crippen LogP contribution in [0.15, 0.2) is 41.9 Å². The number of carbonyl (C=O) groups excluding carboxylic acids is 1. The number of nitrogens with zero attached hydrogens (tertiary/aromatic N) is 3. The molecular weight excluding hydrogens is 294 g/mol. The lowest BCUT2D eigenvalue weighted by Gasteiger charge is -2.38. The standard InChI is InChI=1S/C17H17N3OS/c1-14-13-19(17-18-9-12-22-17)10-11-20(14)16(21)8-7-15-5-3-2-4-6-15/h2-6,9,12,14H,10-11,13H2,1H3. The average molecular weight is 311 g/mol. The van der Waals surface area contributed by atoms with Crippen molar-refractivity contribution < 1.29 is 4.79 Å². The van der Waals surface area contributed by atoms with Gasteiger partial charge in [-0.05, 0) is 19.1 Å². The SMILES string of the molecule is CC1CN(c2nccs2)CCN1C(=O)C#Cc1ccccc1. The molecule has 2 heterocycles. The van der Waals surface area contributed by atoms with Crippen molar-refractivity contribution in [3.05, 3.63) is 47.5 Å². The van der Waals surface area contributed by atoms with Crippen LogP contribution in [0, 0.1) is 11.8 Å². The van der Waals surface area contributed by atoms with E-state index in [0.717, 1.165) is 23.8 Å². The fourth-order valence-electron chi connectivity index (χ4n) is 2.52. The van der Waals surface area contributed by atoms with Crippen LogP contribution in [0.2, 0.25) is 0 Å². The van der Waals surface area contributed by atoms with Crippen LogP contribution >= 0.6 is 11.3 Å². The average Bonchev–Trinajstić information content (AvgIpc) is 3.08. The van der Waals surface area contributed by atoms with Crippen molar-refractivity contribution in [2.75, 3.05) is 24.5 Å². The second kappa shape index (κ2) is 6.63. The van der Waals surface area contributed by atoms with Gasteiger partial charge in [0.1, 0.15) is 0 Å². The van der Waals surface area contributed by atoms with Crippen LogP contribution in [0.1, 0.15) is 12.5 Å². The lowest BCUT2D eigenvalue weighted by molar-refractivity contribution is -0.127. The molecule has 2 aromatic rings. The quantitative estimate of drug-likeness (QED) is 0.758. The molecule has 1 atom stereocenters. The van der Waals surface area contributed by atoms with Gasteiger partial charge < -0.3 is 9.80 Å². The zero-order chi connectivity index (χ0) is 15.4. The molecule has 22 heavy (non-hydrogen) atoms. The summed E-state index contributed by atoms with van der Waals surface area (Å²) in [7, 11) is 0. The van der Waals surface area contributed by atoms with E-state index in [-0.39, 0.29) is 11.9 Å². The van der Waals surface area contributed by atoms with Crippen LogP contribution in [-0.2, 0) is 4.79 Å². The smallest absolute Gasteiger partial charge is 0.299 e. The molecule has 1 aromatic carbocycles. The second-order valence-electron chi connectivity index (χ2n) is 5.22. The molecule has 0 aliphatic carbocycles. The molecule has 1 aliphatic rings. The Hall–Kier alpha value is -2.32. The maximum Gasteiger partial charge on any atom is 0.299 e. The summed E-state index contributed by atoms with van der Waals surface area (Å²) in [4.78, 5) is 20.7. The van der Waals surface area contributed by atoms with Crippen LogP contribution in [0.5, 0.6) is 0 Å². The summed E-state index contributed by atoms with van der Waals surface area (Å²) in [6.45, 7) is 4.34. The Balaban J connectivity index is 1.64. The molecule has 1 unspecified atom stereocenters. The molecule has 1 saturated heterocycles. The van der Waals surface area contributed by atoms with E-state index in [1.54, 1.807) is 11.3 Å². The number of piperazine rings is 1. The Labute approximate surface area is 134 Å². The molecule has 4 nitrogen and oxygen atoms in total. The van der Waals surface area contributed by atoms with Crippen LogP contribution in [-0.4, -0.2) is 41.5 Å². The number of rotatable bonds is 1. The Bertz CT molecular complexity index is 688. The second-order valence-corrected chi connectivity index (χ2v) is 6.10. The van der Waals surface area contributed by atoms with Gasteiger partial charge >= 0.3 is 0 Å². The van der Waals surface area contributed by atoms with Crippen molar-refractivity contribution in [2.45, 2.75) is 13.0 Å². The normalized spacial score (nSPS) is 17.8. The van der Waals surface area contributed by atoms with E-state index in [1.807, 2.05) is 46.8 Å². The number of amides is 1. The van der Waals surface area contributed by atoms with Gasteiger partial charge in [-0.15, -0.1) is 11.3 Å². The summed E-state index contributed by atoms with van der Waals surface area (Å²) in [5.41, 5.74) is 0.866. The van der Waals surface area contributed by atoms with Gasteiger partial charge in [0.05, 0.1) is 0 Å². The largest absolute Gasteiger partial charge is 0.344 e. The first-order valence-electron chi connectivity index (χ1n) is 7.26. The van der Waals surface area contributed by atoms with Gasteiger partial charge in [-0.3, -0.25) is 4.79 Å². The highest BCUT2D eigenvalue weighted by Crippen LogP contribution is 2.21. The highest BCUT2D eigenvalue weighted by atomic mass is 32.1. The third-order valence-electron chi connectivity index (χ3n) is 3.67. The molecule has 1 fully saturated rings. The molecule has 1 aliphatic heterocycles.